The van der Waals surface area contributed by atoms with Crippen molar-refractivity contribution >= 4 is 27.8 Å². The van der Waals surface area contributed by atoms with Gasteiger partial charge in [-0.2, -0.15) is 0 Å². The summed E-state index contributed by atoms with van der Waals surface area (Å²) in [6.07, 6.45) is 1.12. The summed E-state index contributed by atoms with van der Waals surface area (Å²) < 4.78 is 0. The number of nitrogens with zero attached hydrogens (tertiary/aromatic N) is 3. The van der Waals surface area contributed by atoms with E-state index in [1.165, 1.54) is 24.3 Å². The number of thiophene rings is 1. The molecule has 1 fully saturated rings. The second-order valence-corrected chi connectivity index (χ2v) is 5.97. The molecule has 110 valence electrons. The summed E-state index contributed by atoms with van der Waals surface area (Å²) in [5, 5.41) is 11.8. The normalized spacial score (nSPS) is 16.4. The fourth-order valence-corrected chi connectivity index (χ4v) is 3.47. The van der Waals surface area contributed by atoms with Gasteiger partial charge in [0, 0.05) is 32.2 Å². The number of nitro groups is 1. The van der Waals surface area contributed by atoms with Crippen LogP contribution < -0.4 is 4.90 Å². The van der Waals surface area contributed by atoms with Gasteiger partial charge in [-0.05, 0) is 19.9 Å². The Hall–Kier alpha value is -1.47. The minimum Gasteiger partial charge on any atom is -0.355 e. The first kappa shape index (κ1) is 14.9. The molecule has 1 aliphatic rings. The lowest BCUT2D eigenvalue weighted by Gasteiger charge is -2.34. The molecule has 20 heavy (non-hydrogen) atoms. The maximum Gasteiger partial charge on any atom is 0.304 e. The molecule has 7 heteroatoms. The Morgan fingerprint density at radius 2 is 2.05 bits per heavy atom. The quantitative estimate of drug-likeness (QED) is 0.474. The predicted molar refractivity (Wildman–Crippen MR) is 79.9 cm³/mol. The van der Waals surface area contributed by atoms with Gasteiger partial charge < -0.3 is 4.90 Å². The van der Waals surface area contributed by atoms with E-state index in [0.29, 0.717) is 9.88 Å². The molecule has 0 N–H and O–H groups in total. The van der Waals surface area contributed by atoms with E-state index >= 15 is 0 Å². The molecule has 0 atom stereocenters. The maximum absolute atomic E-state index is 11.4. The SMILES string of the molecule is CCCN1CCN(c2sc(C(C)=O)cc2[N+](=O)[O-])CC1. The van der Waals surface area contributed by atoms with E-state index in [0.717, 1.165) is 39.1 Å². The summed E-state index contributed by atoms with van der Waals surface area (Å²) in [7, 11) is 0. The van der Waals surface area contributed by atoms with Crippen LogP contribution >= 0.6 is 11.3 Å². The van der Waals surface area contributed by atoms with Crippen molar-refractivity contribution in [3.8, 4) is 0 Å². The van der Waals surface area contributed by atoms with Crippen LogP contribution in [0.5, 0.6) is 0 Å². The molecule has 0 saturated carbocycles. The highest BCUT2D eigenvalue weighted by Gasteiger charge is 2.27. The molecular formula is C13H19N3O3S. The lowest BCUT2D eigenvalue weighted by atomic mass is 10.3. The van der Waals surface area contributed by atoms with Gasteiger partial charge in [0.1, 0.15) is 0 Å². The van der Waals surface area contributed by atoms with Gasteiger partial charge in [-0.1, -0.05) is 6.92 Å². The van der Waals surface area contributed by atoms with Crippen LogP contribution in [0, 0.1) is 10.1 Å². The fourth-order valence-electron chi connectivity index (χ4n) is 2.39. The summed E-state index contributed by atoms with van der Waals surface area (Å²) >= 11 is 1.23. The van der Waals surface area contributed by atoms with Crippen LogP contribution in [0.15, 0.2) is 6.07 Å². The molecular weight excluding hydrogens is 278 g/mol. The lowest BCUT2D eigenvalue weighted by molar-refractivity contribution is -0.383. The lowest BCUT2D eigenvalue weighted by Crippen LogP contribution is -2.46. The molecule has 1 aliphatic heterocycles. The van der Waals surface area contributed by atoms with E-state index in [-0.39, 0.29) is 11.5 Å². The summed E-state index contributed by atoms with van der Waals surface area (Å²) in [4.78, 5) is 27.0. The van der Waals surface area contributed by atoms with E-state index in [2.05, 4.69) is 11.8 Å². The van der Waals surface area contributed by atoms with Crippen molar-refractivity contribution in [2.24, 2.45) is 0 Å². The van der Waals surface area contributed by atoms with Gasteiger partial charge in [0.05, 0.1) is 9.80 Å². The second kappa shape index (κ2) is 6.32. The Morgan fingerprint density at radius 3 is 2.55 bits per heavy atom. The van der Waals surface area contributed by atoms with Gasteiger partial charge in [-0.25, -0.2) is 0 Å². The van der Waals surface area contributed by atoms with Gasteiger partial charge in [0.25, 0.3) is 0 Å². The topological polar surface area (TPSA) is 66.7 Å². The molecule has 0 aliphatic carbocycles. The van der Waals surface area contributed by atoms with E-state index in [4.69, 9.17) is 0 Å². The van der Waals surface area contributed by atoms with Crippen molar-refractivity contribution in [1.29, 1.82) is 0 Å². The zero-order valence-electron chi connectivity index (χ0n) is 11.8. The number of hydrogen-bond donors (Lipinski definition) is 0. The molecule has 0 radical (unpaired) electrons. The second-order valence-electron chi connectivity index (χ2n) is 4.94. The average molecular weight is 297 g/mol. The number of carbonyl (C=O) groups is 1. The third kappa shape index (κ3) is 3.16. The van der Waals surface area contributed by atoms with E-state index < -0.39 is 4.92 Å². The van der Waals surface area contributed by atoms with Crippen LogP contribution in [0.2, 0.25) is 0 Å². The number of anilines is 1. The van der Waals surface area contributed by atoms with Crippen molar-refractivity contribution in [2.75, 3.05) is 37.6 Å². The van der Waals surface area contributed by atoms with Crippen LogP contribution in [0.1, 0.15) is 29.9 Å². The molecule has 0 unspecified atom stereocenters. The highest BCUT2D eigenvalue weighted by molar-refractivity contribution is 7.18. The van der Waals surface area contributed by atoms with Gasteiger partial charge >= 0.3 is 5.69 Å². The number of hydrogen-bond acceptors (Lipinski definition) is 6. The van der Waals surface area contributed by atoms with E-state index in [9.17, 15) is 14.9 Å². The molecule has 1 saturated heterocycles. The van der Waals surface area contributed by atoms with Gasteiger partial charge in [-0.3, -0.25) is 19.8 Å². The third-order valence-corrected chi connectivity index (χ3v) is 4.72. The zero-order chi connectivity index (χ0) is 14.7. The minimum atomic E-state index is -0.392. The molecule has 0 bridgehead atoms. The first-order valence-corrected chi connectivity index (χ1v) is 7.61. The van der Waals surface area contributed by atoms with Crippen LogP contribution in [-0.2, 0) is 0 Å². The highest BCUT2D eigenvalue weighted by Crippen LogP contribution is 2.38. The summed E-state index contributed by atoms with van der Waals surface area (Å²) in [5.74, 6) is -0.117. The Morgan fingerprint density at radius 1 is 1.40 bits per heavy atom. The van der Waals surface area contributed by atoms with E-state index in [1.54, 1.807) is 0 Å². The fraction of sp³-hybridized carbons (Fsp3) is 0.615. The van der Waals surface area contributed by atoms with Gasteiger partial charge in [0.2, 0.25) is 0 Å². The number of Topliss-reactive ketones (excluding diaryl/α,β-unsaturated/α-hetero) is 1. The van der Waals surface area contributed by atoms with Crippen molar-refractivity contribution in [2.45, 2.75) is 20.3 Å². The summed E-state index contributed by atoms with van der Waals surface area (Å²) in [6, 6.07) is 1.40. The van der Waals surface area contributed by atoms with Gasteiger partial charge in [0.15, 0.2) is 10.8 Å². The number of rotatable bonds is 5. The third-order valence-electron chi connectivity index (χ3n) is 3.44. The summed E-state index contributed by atoms with van der Waals surface area (Å²) in [6.45, 7) is 8.04. The zero-order valence-corrected chi connectivity index (χ0v) is 12.6. The molecule has 6 nitrogen and oxygen atoms in total. The Kier molecular flexibility index (Phi) is 4.72. The highest BCUT2D eigenvalue weighted by atomic mass is 32.1. The van der Waals surface area contributed by atoms with Crippen LogP contribution in [0.4, 0.5) is 10.7 Å². The number of carbonyl (C=O) groups excluding carboxylic acids is 1. The summed E-state index contributed by atoms with van der Waals surface area (Å²) in [5.41, 5.74) is 0.0594. The monoisotopic (exact) mass is 297 g/mol. The molecule has 2 heterocycles. The van der Waals surface area contributed by atoms with Crippen molar-refractivity contribution in [1.82, 2.24) is 4.90 Å². The molecule has 1 aromatic heterocycles. The Labute approximate surface area is 122 Å². The molecule has 0 amide bonds. The van der Waals surface area contributed by atoms with Crippen molar-refractivity contribution < 1.29 is 9.72 Å². The average Bonchev–Trinajstić information content (AvgIpc) is 2.85. The Bertz CT molecular complexity index is 507. The van der Waals surface area contributed by atoms with Gasteiger partial charge in [-0.15, -0.1) is 11.3 Å². The van der Waals surface area contributed by atoms with Crippen molar-refractivity contribution in [3.05, 3.63) is 21.1 Å². The molecule has 0 aromatic carbocycles. The van der Waals surface area contributed by atoms with Crippen LogP contribution in [-0.4, -0.2) is 48.3 Å². The van der Waals surface area contributed by atoms with E-state index in [1.807, 2.05) is 4.90 Å². The molecule has 0 spiro atoms. The first-order valence-electron chi connectivity index (χ1n) is 6.79. The minimum absolute atomic E-state index is 0.0594. The smallest absolute Gasteiger partial charge is 0.304 e. The first-order chi connectivity index (χ1) is 9.52. The molecule has 2 rings (SSSR count). The maximum atomic E-state index is 11.4. The Balaban J connectivity index is 2.16. The molecule has 1 aromatic rings. The predicted octanol–water partition coefficient (Wildman–Crippen LogP) is 2.39. The van der Waals surface area contributed by atoms with Crippen LogP contribution in [0.3, 0.4) is 0 Å². The standard InChI is InChI=1S/C13H19N3O3S/c1-3-4-14-5-7-15(8-6-14)13-11(16(18)19)9-12(20-13)10(2)17/h9H,3-8H2,1-2H3. The number of ketones is 1. The van der Waals surface area contributed by atoms with Crippen LogP contribution in [0.25, 0.3) is 0 Å². The largest absolute Gasteiger partial charge is 0.355 e. The number of piperazine rings is 1. The van der Waals surface area contributed by atoms with Crippen molar-refractivity contribution in [3.63, 3.8) is 0 Å².